The van der Waals surface area contributed by atoms with Crippen molar-refractivity contribution < 1.29 is 0 Å². The lowest BCUT2D eigenvalue weighted by atomic mass is 9.77. The SMILES string of the molecule is CCC(C)NCC1(c2ccc(C)c(C)c2)CCCC1. The average molecular weight is 259 g/mol. The largest absolute Gasteiger partial charge is 0.313 e. The van der Waals surface area contributed by atoms with Crippen molar-refractivity contribution in [2.24, 2.45) is 0 Å². The summed E-state index contributed by atoms with van der Waals surface area (Å²) in [6, 6.07) is 7.72. The maximum absolute atomic E-state index is 3.75. The summed E-state index contributed by atoms with van der Waals surface area (Å²) in [6.07, 6.45) is 6.67. The predicted octanol–water partition coefficient (Wildman–Crippen LogP) is 4.50. The first kappa shape index (κ1) is 14.6. The van der Waals surface area contributed by atoms with Gasteiger partial charge in [-0.15, -0.1) is 0 Å². The Bertz CT molecular complexity index is 416. The van der Waals surface area contributed by atoms with E-state index in [2.05, 4.69) is 51.2 Å². The Morgan fingerprint density at radius 2 is 1.84 bits per heavy atom. The van der Waals surface area contributed by atoms with Crippen LogP contribution in [-0.4, -0.2) is 12.6 Å². The highest BCUT2D eigenvalue weighted by Gasteiger charge is 2.35. The molecule has 0 aliphatic heterocycles. The van der Waals surface area contributed by atoms with Crippen molar-refractivity contribution in [3.63, 3.8) is 0 Å². The number of benzene rings is 1. The zero-order valence-electron chi connectivity index (χ0n) is 13.1. The molecule has 0 aromatic heterocycles. The second kappa shape index (κ2) is 6.09. The van der Waals surface area contributed by atoms with Crippen molar-refractivity contribution in [2.45, 2.75) is 71.3 Å². The number of nitrogens with one attached hydrogen (secondary N) is 1. The second-order valence-corrected chi connectivity index (χ2v) is 6.48. The molecule has 1 nitrogen and oxygen atoms in total. The standard InChI is InChI=1S/C18H29N/c1-5-16(4)19-13-18(10-6-7-11-18)17-9-8-14(2)15(3)12-17/h8-9,12,16,19H,5-7,10-11,13H2,1-4H3. The normalized spacial score (nSPS) is 19.6. The third-order valence-electron chi connectivity index (χ3n) is 5.08. The Morgan fingerprint density at radius 3 is 2.42 bits per heavy atom. The Labute approximate surface area is 118 Å². The lowest BCUT2D eigenvalue weighted by Gasteiger charge is -2.32. The van der Waals surface area contributed by atoms with E-state index in [9.17, 15) is 0 Å². The zero-order chi connectivity index (χ0) is 13.9. The number of rotatable bonds is 5. The van der Waals surface area contributed by atoms with E-state index in [4.69, 9.17) is 0 Å². The molecule has 0 saturated heterocycles. The van der Waals surface area contributed by atoms with Gasteiger partial charge >= 0.3 is 0 Å². The van der Waals surface area contributed by atoms with Crippen LogP contribution in [-0.2, 0) is 5.41 Å². The summed E-state index contributed by atoms with van der Waals surface area (Å²) in [5.74, 6) is 0. The number of hydrogen-bond donors (Lipinski definition) is 1. The summed E-state index contributed by atoms with van der Waals surface area (Å²) in [5.41, 5.74) is 4.80. The van der Waals surface area contributed by atoms with E-state index in [0.717, 1.165) is 6.54 Å². The third-order valence-corrected chi connectivity index (χ3v) is 5.08. The van der Waals surface area contributed by atoms with E-state index in [1.165, 1.54) is 43.2 Å². The van der Waals surface area contributed by atoms with Gasteiger partial charge in [0.15, 0.2) is 0 Å². The lowest BCUT2D eigenvalue weighted by molar-refractivity contribution is 0.376. The summed E-state index contributed by atoms with van der Waals surface area (Å²) in [6.45, 7) is 10.1. The predicted molar refractivity (Wildman–Crippen MR) is 83.8 cm³/mol. The van der Waals surface area contributed by atoms with Gasteiger partial charge in [0.2, 0.25) is 0 Å². The van der Waals surface area contributed by atoms with Gasteiger partial charge in [-0.3, -0.25) is 0 Å². The first-order valence-electron chi connectivity index (χ1n) is 7.88. The van der Waals surface area contributed by atoms with Crippen LogP contribution in [0.2, 0.25) is 0 Å². The van der Waals surface area contributed by atoms with Gasteiger partial charge in [0, 0.05) is 18.0 Å². The Hall–Kier alpha value is -0.820. The van der Waals surface area contributed by atoms with Gasteiger partial charge in [-0.05, 0) is 56.7 Å². The second-order valence-electron chi connectivity index (χ2n) is 6.48. The number of aryl methyl sites for hydroxylation is 2. The molecule has 1 aliphatic carbocycles. The molecule has 0 heterocycles. The van der Waals surface area contributed by atoms with Crippen molar-refractivity contribution in [1.82, 2.24) is 5.32 Å². The van der Waals surface area contributed by atoms with Crippen molar-refractivity contribution in [1.29, 1.82) is 0 Å². The maximum atomic E-state index is 3.75. The smallest absolute Gasteiger partial charge is 0.00779 e. The van der Waals surface area contributed by atoms with Crippen LogP contribution >= 0.6 is 0 Å². The Morgan fingerprint density at radius 1 is 1.16 bits per heavy atom. The molecule has 106 valence electrons. The Kier molecular flexibility index (Phi) is 4.67. The minimum Gasteiger partial charge on any atom is -0.313 e. The van der Waals surface area contributed by atoms with E-state index in [0.29, 0.717) is 11.5 Å². The fourth-order valence-electron chi connectivity index (χ4n) is 3.20. The van der Waals surface area contributed by atoms with Gasteiger partial charge in [0.25, 0.3) is 0 Å². The number of hydrogen-bond acceptors (Lipinski definition) is 1. The van der Waals surface area contributed by atoms with Crippen molar-refractivity contribution in [3.8, 4) is 0 Å². The maximum Gasteiger partial charge on any atom is 0.00779 e. The van der Waals surface area contributed by atoms with Gasteiger partial charge in [-0.1, -0.05) is 38.0 Å². The van der Waals surface area contributed by atoms with Crippen LogP contribution in [0.25, 0.3) is 0 Å². The molecule has 1 aromatic rings. The Balaban J connectivity index is 2.20. The molecular formula is C18H29N. The quantitative estimate of drug-likeness (QED) is 0.820. The minimum atomic E-state index is 0.391. The van der Waals surface area contributed by atoms with Crippen LogP contribution in [0.15, 0.2) is 18.2 Å². The van der Waals surface area contributed by atoms with E-state index in [1.807, 2.05) is 0 Å². The summed E-state index contributed by atoms with van der Waals surface area (Å²) < 4.78 is 0. The highest BCUT2D eigenvalue weighted by atomic mass is 14.9. The molecule has 1 fully saturated rings. The van der Waals surface area contributed by atoms with Gasteiger partial charge in [-0.25, -0.2) is 0 Å². The van der Waals surface area contributed by atoms with Gasteiger partial charge in [-0.2, -0.15) is 0 Å². The van der Waals surface area contributed by atoms with Crippen LogP contribution in [0.3, 0.4) is 0 Å². The topological polar surface area (TPSA) is 12.0 Å². The molecule has 1 N–H and O–H groups in total. The lowest BCUT2D eigenvalue weighted by Crippen LogP contribution is -2.39. The summed E-state index contributed by atoms with van der Waals surface area (Å²) in [4.78, 5) is 0. The first-order chi connectivity index (χ1) is 9.07. The molecule has 2 rings (SSSR count). The van der Waals surface area contributed by atoms with Crippen LogP contribution in [0, 0.1) is 13.8 Å². The molecular weight excluding hydrogens is 230 g/mol. The zero-order valence-corrected chi connectivity index (χ0v) is 13.1. The molecule has 0 spiro atoms. The first-order valence-corrected chi connectivity index (χ1v) is 7.88. The molecule has 1 unspecified atom stereocenters. The van der Waals surface area contributed by atoms with Crippen LogP contribution in [0.5, 0.6) is 0 Å². The highest BCUT2D eigenvalue weighted by molar-refractivity contribution is 5.35. The van der Waals surface area contributed by atoms with Gasteiger partial charge in [0.05, 0.1) is 0 Å². The molecule has 0 bridgehead atoms. The van der Waals surface area contributed by atoms with Crippen LogP contribution in [0.4, 0.5) is 0 Å². The van der Waals surface area contributed by atoms with E-state index < -0.39 is 0 Å². The van der Waals surface area contributed by atoms with Gasteiger partial charge < -0.3 is 5.32 Å². The molecule has 19 heavy (non-hydrogen) atoms. The summed E-state index contributed by atoms with van der Waals surface area (Å²) >= 11 is 0. The van der Waals surface area contributed by atoms with Crippen molar-refractivity contribution >= 4 is 0 Å². The molecule has 0 amide bonds. The fraction of sp³-hybridized carbons (Fsp3) is 0.667. The third kappa shape index (κ3) is 3.20. The van der Waals surface area contributed by atoms with Crippen LogP contribution in [0.1, 0.15) is 62.6 Å². The molecule has 0 radical (unpaired) electrons. The van der Waals surface area contributed by atoms with Crippen LogP contribution < -0.4 is 5.32 Å². The minimum absolute atomic E-state index is 0.391. The summed E-state index contributed by atoms with van der Waals surface area (Å²) in [7, 11) is 0. The van der Waals surface area contributed by atoms with E-state index in [-0.39, 0.29) is 0 Å². The van der Waals surface area contributed by atoms with Gasteiger partial charge in [0.1, 0.15) is 0 Å². The molecule has 1 aromatic carbocycles. The van der Waals surface area contributed by atoms with Crippen molar-refractivity contribution in [3.05, 3.63) is 34.9 Å². The van der Waals surface area contributed by atoms with Crippen molar-refractivity contribution in [2.75, 3.05) is 6.54 Å². The molecule has 1 aliphatic rings. The van der Waals surface area contributed by atoms with E-state index >= 15 is 0 Å². The fourth-order valence-corrected chi connectivity index (χ4v) is 3.20. The summed E-state index contributed by atoms with van der Waals surface area (Å²) in [5, 5.41) is 3.75. The van der Waals surface area contributed by atoms with E-state index in [1.54, 1.807) is 5.56 Å². The molecule has 1 saturated carbocycles. The monoisotopic (exact) mass is 259 g/mol. The average Bonchev–Trinajstić information content (AvgIpc) is 2.89. The molecule has 1 atom stereocenters. The molecule has 1 heteroatoms. The highest BCUT2D eigenvalue weighted by Crippen LogP contribution is 2.41.